The summed E-state index contributed by atoms with van der Waals surface area (Å²) >= 11 is 0. The second kappa shape index (κ2) is 2.84. The van der Waals surface area contributed by atoms with Crippen LogP contribution in [0.5, 0.6) is 0 Å². The first-order valence-corrected chi connectivity index (χ1v) is 3.46. The molecule has 66 valence electrons. The Morgan fingerprint density at radius 2 is 2.25 bits per heavy atom. The molecule has 1 rings (SSSR count). The molecule has 1 heterocycles. The molecule has 0 unspecified atom stereocenters. The minimum Gasteiger partial charge on any atom is -0.476 e. The summed E-state index contributed by atoms with van der Waals surface area (Å²) in [6.45, 7) is 0. The van der Waals surface area contributed by atoms with Gasteiger partial charge in [-0.1, -0.05) is 0 Å². The quantitative estimate of drug-likeness (QED) is 0.686. The fraction of sp³-hybridized carbons (Fsp3) is 0.429. The Labute approximate surface area is 70.2 Å². The van der Waals surface area contributed by atoms with Gasteiger partial charge in [0.1, 0.15) is 0 Å². The van der Waals surface area contributed by atoms with Crippen molar-refractivity contribution in [2.24, 2.45) is 7.05 Å². The van der Waals surface area contributed by atoms with Crippen molar-refractivity contribution in [3.63, 3.8) is 0 Å². The topological polar surface area (TPSA) is 58.4 Å². The Hall–Kier alpha value is -1.52. The summed E-state index contributed by atoms with van der Waals surface area (Å²) in [7, 11) is 5.39. The number of rotatable bonds is 2. The normalized spacial score (nSPS) is 9.92. The number of hydrogen-bond acceptors (Lipinski definition) is 3. The fourth-order valence-corrected chi connectivity index (χ4v) is 0.975. The van der Waals surface area contributed by atoms with Crippen molar-refractivity contribution in [2.45, 2.75) is 0 Å². The lowest BCUT2D eigenvalue weighted by Crippen LogP contribution is -2.13. The number of hydrogen-bond donors (Lipinski definition) is 1. The Morgan fingerprint density at radius 1 is 1.67 bits per heavy atom. The van der Waals surface area contributed by atoms with E-state index in [1.165, 1.54) is 6.20 Å². The predicted molar refractivity (Wildman–Crippen MR) is 44.5 cm³/mol. The number of nitrogens with zero attached hydrogens (tertiary/aromatic N) is 3. The molecule has 0 aromatic carbocycles. The minimum absolute atomic E-state index is 0.0706. The standard InChI is InChI=1S/C7H11N3O2/c1-9(2)7-8-5(6(11)12)4-10(7)3/h4H,1-3H3,(H,11,12). The highest BCUT2D eigenvalue weighted by Crippen LogP contribution is 2.09. The Bertz CT molecular complexity index is 304. The van der Waals surface area contributed by atoms with Gasteiger partial charge >= 0.3 is 5.97 Å². The van der Waals surface area contributed by atoms with Crippen molar-refractivity contribution in [1.82, 2.24) is 9.55 Å². The van der Waals surface area contributed by atoms with Gasteiger partial charge in [-0.15, -0.1) is 0 Å². The smallest absolute Gasteiger partial charge is 0.356 e. The monoisotopic (exact) mass is 169 g/mol. The zero-order valence-corrected chi connectivity index (χ0v) is 7.27. The van der Waals surface area contributed by atoms with Gasteiger partial charge in [0, 0.05) is 27.3 Å². The Kier molecular flexibility index (Phi) is 2.03. The maximum absolute atomic E-state index is 10.5. The maximum atomic E-state index is 10.5. The molecule has 0 spiro atoms. The molecule has 5 nitrogen and oxygen atoms in total. The zero-order chi connectivity index (χ0) is 9.30. The number of aryl methyl sites for hydroxylation is 1. The number of aromatic carboxylic acids is 1. The molecular weight excluding hydrogens is 158 g/mol. The van der Waals surface area contributed by atoms with Crippen LogP contribution >= 0.6 is 0 Å². The molecular formula is C7H11N3O2. The van der Waals surface area contributed by atoms with Crippen molar-refractivity contribution in [3.8, 4) is 0 Å². The van der Waals surface area contributed by atoms with Crippen LogP contribution in [0.25, 0.3) is 0 Å². The number of aromatic nitrogens is 2. The number of anilines is 1. The van der Waals surface area contributed by atoms with Gasteiger partial charge in [0.2, 0.25) is 5.95 Å². The Morgan fingerprint density at radius 3 is 2.50 bits per heavy atom. The third-order valence-corrected chi connectivity index (χ3v) is 1.47. The zero-order valence-electron chi connectivity index (χ0n) is 7.27. The average molecular weight is 169 g/mol. The summed E-state index contributed by atoms with van der Waals surface area (Å²) in [6.07, 6.45) is 1.48. The molecule has 0 aliphatic rings. The van der Waals surface area contributed by atoms with Crippen molar-refractivity contribution >= 4 is 11.9 Å². The van der Waals surface area contributed by atoms with E-state index in [0.29, 0.717) is 5.95 Å². The van der Waals surface area contributed by atoms with E-state index in [4.69, 9.17) is 5.11 Å². The van der Waals surface area contributed by atoms with Gasteiger partial charge in [-0.25, -0.2) is 9.78 Å². The van der Waals surface area contributed by atoms with Gasteiger partial charge in [-0.05, 0) is 0 Å². The molecule has 0 aliphatic heterocycles. The van der Waals surface area contributed by atoms with Crippen LogP contribution in [0.4, 0.5) is 5.95 Å². The second-order valence-corrected chi connectivity index (χ2v) is 2.74. The first-order valence-electron chi connectivity index (χ1n) is 3.46. The summed E-state index contributed by atoms with van der Waals surface area (Å²) in [4.78, 5) is 16.1. The highest BCUT2D eigenvalue weighted by molar-refractivity contribution is 5.85. The molecule has 0 atom stereocenters. The first kappa shape index (κ1) is 8.58. The summed E-state index contributed by atoms with van der Waals surface area (Å²) < 4.78 is 1.67. The molecule has 0 radical (unpaired) electrons. The van der Waals surface area contributed by atoms with Gasteiger partial charge in [0.25, 0.3) is 0 Å². The highest BCUT2D eigenvalue weighted by Gasteiger charge is 2.11. The molecule has 0 saturated carbocycles. The number of carboxylic acid groups (broad SMARTS) is 1. The van der Waals surface area contributed by atoms with Crippen molar-refractivity contribution < 1.29 is 9.90 Å². The predicted octanol–water partition coefficient (Wildman–Crippen LogP) is 0.184. The van der Waals surface area contributed by atoms with E-state index in [1.54, 1.807) is 16.5 Å². The van der Waals surface area contributed by atoms with Crippen LogP contribution in [0.2, 0.25) is 0 Å². The molecule has 0 bridgehead atoms. The lowest BCUT2D eigenvalue weighted by Gasteiger charge is -2.09. The molecule has 5 heteroatoms. The van der Waals surface area contributed by atoms with E-state index in [0.717, 1.165) is 0 Å². The van der Waals surface area contributed by atoms with E-state index >= 15 is 0 Å². The van der Waals surface area contributed by atoms with Crippen LogP contribution < -0.4 is 4.90 Å². The van der Waals surface area contributed by atoms with Gasteiger partial charge in [-0.2, -0.15) is 0 Å². The molecule has 1 aromatic heterocycles. The largest absolute Gasteiger partial charge is 0.476 e. The van der Waals surface area contributed by atoms with Crippen LogP contribution in [-0.2, 0) is 7.05 Å². The lowest BCUT2D eigenvalue weighted by atomic mass is 10.5. The van der Waals surface area contributed by atoms with E-state index in [9.17, 15) is 4.79 Å². The van der Waals surface area contributed by atoms with Gasteiger partial charge in [0.05, 0.1) is 0 Å². The fourth-order valence-electron chi connectivity index (χ4n) is 0.975. The molecule has 0 fully saturated rings. The van der Waals surface area contributed by atoms with Gasteiger partial charge < -0.3 is 14.6 Å². The maximum Gasteiger partial charge on any atom is 0.356 e. The number of carboxylic acids is 1. The molecule has 0 saturated heterocycles. The second-order valence-electron chi connectivity index (χ2n) is 2.74. The van der Waals surface area contributed by atoms with Crippen LogP contribution in [-0.4, -0.2) is 34.7 Å². The van der Waals surface area contributed by atoms with Gasteiger partial charge in [0.15, 0.2) is 5.69 Å². The van der Waals surface area contributed by atoms with Gasteiger partial charge in [-0.3, -0.25) is 0 Å². The van der Waals surface area contributed by atoms with Crippen LogP contribution in [0, 0.1) is 0 Å². The van der Waals surface area contributed by atoms with E-state index in [1.807, 2.05) is 14.1 Å². The van der Waals surface area contributed by atoms with Crippen molar-refractivity contribution in [1.29, 1.82) is 0 Å². The van der Waals surface area contributed by atoms with Crippen molar-refractivity contribution in [2.75, 3.05) is 19.0 Å². The van der Waals surface area contributed by atoms with Crippen LogP contribution in [0.3, 0.4) is 0 Å². The van der Waals surface area contributed by atoms with E-state index in [2.05, 4.69) is 4.98 Å². The summed E-state index contributed by atoms with van der Waals surface area (Å²) in [6, 6.07) is 0. The first-order chi connectivity index (χ1) is 5.52. The molecule has 0 amide bonds. The molecule has 0 aliphatic carbocycles. The van der Waals surface area contributed by atoms with Crippen LogP contribution in [0.15, 0.2) is 6.20 Å². The number of imidazole rings is 1. The van der Waals surface area contributed by atoms with E-state index < -0.39 is 5.97 Å². The minimum atomic E-state index is -1.00. The summed E-state index contributed by atoms with van der Waals surface area (Å²) in [5.41, 5.74) is 0.0706. The average Bonchev–Trinajstić information content (AvgIpc) is 2.30. The molecule has 1 N–H and O–H groups in total. The summed E-state index contributed by atoms with van der Waals surface area (Å²) in [5.74, 6) is -0.369. The molecule has 12 heavy (non-hydrogen) atoms. The third kappa shape index (κ3) is 1.39. The SMILES string of the molecule is CN(C)c1nc(C(=O)O)cn1C. The third-order valence-electron chi connectivity index (χ3n) is 1.47. The molecule has 1 aromatic rings. The Balaban J connectivity index is 3.09. The summed E-state index contributed by atoms with van der Waals surface area (Å²) in [5, 5.41) is 8.61. The lowest BCUT2D eigenvalue weighted by molar-refractivity contribution is 0.0691. The number of carbonyl (C=O) groups is 1. The van der Waals surface area contributed by atoms with Crippen molar-refractivity contribution in [3.05, 3.63) is 11.9 Å². The van der Waals surface area contributed by atoms with Crippen LogP contribution in [0.1, 0.15) is 10.5 Å². The van der Waals surface area contributed by atoms with E-state index in [-0.39, 0.29) is 5.69 Å². The highest BCUT2D eigenvalue weighted by atomic mass is 16.4.